The number of hydrogen-bond donors (Lipinski definition) is 1. The van der Waals surface area contributed by atoms with Crippen molar-refractivity contribution in [2.24, 2.45) is 0 Å². The average Bonchev–Trinajstić information content (AvgIpc) is 2.68. The van der Waals surface area contributed by atoms with E-state index < -0.39 is 6.10 Å². The normalized spacial score (nSPS) is 11.8. The van der Waals surface area contributed by atoms with Crippen LogP contribution in [-0.2, 0) is 11.2 Å². The predicted octanol–water partition coefficient (Wildman–Crippen LogP) is 3.97. The highest BCUT2D eigenvalue weighted by Gasteiger charge is 2.14. The molecule has 0 aromatic heterocycles. The van der Waals surface area contributed by atoms with Crippen LogP contribution in [0.5, 0.6) is 11.5 Å². The second-order valence-corrected chi connectivity index (χ2v) is 6.16. The van der Waals surface area contributed by atoms with Gasteiger partial charge in [-0.05, 0) is 53.9 Å². The van der Waals surface area contributed by atoms with Crippen LogP contribution in [0.2, 0.25) is 0 Å². The zero-order valence-corrected chi connectivity index (χ0v) is 15.1. The molecule has 1 atom stereocenters. The van der Waals surface area contributed by atoms with Crippen LogP contribution >= 0.6 is 0 Å². The second-order valence-electron chi connectivity index (χ2n) is 6.16. The Kier molecular flexibility index (Phi) is 5.74. The first-order valence-electron chi connectivity index (χ1n) is 8.72. The van der Waals surface area contributed by atoms with Crippen molar-refractivity contribution in [3.8, 4) is 11.5 Å². The molecule has 134 valence electrons. The largest absolute Gasteiger partial charge is 0.497 e. The quantitative estimate of drug-likeness (QED) is 0.702. The first-order chi connectivity index (χ1) is 12.7. The predicted molar refractivity (Wildman–Crippen MR) is 104 cm³/mol. The van der Waals surface area contributed by atoms with Crippen molar-refractivity contribution < 1.29 is 14.3 Å². The van der Waals surface area contributed by atoms with Crippen molar-refractivity contribution >= 4 is 16.7 Å². The Bertz CT molecular complexity index is 874. The molecule has 0 heterocycles. The summed E-state index contributed by atoms with van der Waals surface area (Å²) < 4.78 is 10.9. The van der Waals surface area contributed by atoms with Crippen molar-refractivity contribution in [1.82, 2.24) is 5.32 Å². The van der Waals surface area contributed by atoms with E-state index in [0.29, 0.717) is 12.3 Å². The number of nitrogens with one attached hydrogen (secondary N) is 1. The lowest BCUT2D eigenvalue weighted by molar-refractivity contribution is -0.127. The minimum atomic E-state index is -0.549. The molecule has 0 aliphatic heterocycles. The van der Waals surface area contributed by atoms with Crippen molar-refractivity contribution in [2.75, 3.05) is 13.7 Å². The van der Waals surface area contributed by atoms with Crippen LogP contribution in [0.25, 0.3) is 10.8 Å². The van der Waals surface area contributed by atoms with Crippen LogP contribution in [0.4, 0.5) is 0 Å². The van der Waals surface area contributed by atoms with Gasteiger partial charge in [0.2, 0.25) is 0 Å². The van der Waals surface area contributed by atoms with Gasteiger partial charge in [-0.1, -0.05) is 42.5 Å². The summed E-state index contributed by atoms with van der Waals surface area (Å²) >= 11 is 0. The van der Waals surface area contributed by atoms with E-state index in [-0.39, 0.29) is 5.91 Å². The smallest absolute Gasteiger partial charge is 0.260 e. The summed E-state index contributed by atoms with van der Waals surface area (Å²) in [6, 6.07) is 21.8. The lowest BCUT2D eigenvalue weighted by atomic mass is 10.1. The molecule has 26 heavy (non-hydrogen) atoms. The molecular formula is C22H23NO3. The fraction of sp³-hybridized carbons (Fsp3) is 0.227. The van der Waals surface area contributed by atoms with Gasteiger partial charge >= 0.3 is 0 Å². The van der Waals surface area contributed by atoms with Crippen molar-refractivity contribution in [3.63, 3.8) is 0 Å². The number of benzene rings is 3. The standard InChI is InChI=1S/C22H23NO3/c1-16(26-21-12-9-18-5-3-4-6-19(18)15-21)22(24)23-14-13-17-7-10-20(25-2)11-8-17/h3-12,15-16H,13-14H2,1-2H3,(H,23,24)/t16-/m0/s1. The lowest BCUT2D eigenvalue weighted by Gasteiger charge is -2.15. The Morgan fingerprint density at radius 1 is 0.962 bits per heavy atom. The van der Waals surface area contributed by atoms with Gasteiger partial charge in [0, 0.05) is 6.54 Å². The van der Waals surface area contributed by atoms with Crippen LogP contribution in [0.1, 0.15) is 12.5 Å². The highest BCUT2D eigenvalue weighted by atomic mass is 16.5. The van der Waals surface area contributed by atoms with Gasteiger partial charge in [-0.3, -0.25) is 4.79 Å². The Balaban J connectivity index is 1.50. The van der Waals surface area contributed by atoms with E-state index >= 15 is 0 Å². The Morgan fingerprint density at radius 2 is 1.65 bits per heavy atom. The van der Waals surface area contributed by atoms with E-state index in [0.717, 1.165) is 28.5 Å². The summed E-state index contributed by atoms with van der Waals surface area (Å²) in [6.07, 6.45) is 0.213. The van der Waals surface area contributed by atoms with Crippen molar-refractivity contribution in [3.05, 3.63) is 72.3 Å². The van der Waals surface area contributed by atoms with E-state index in [1.54, 1.807) is 14.0 Å². The summed E-state index contributed by atoms with van der Waals surface area (Å²) in [7, 11) is 1.64. The van der Waals surface area contributed by atoms with E-state index in [1.165, 1.54) is 0 Å². The summed E-state index contributed by atoms with van der Waals surface area (Å²) in [4.78, 5) is 12.2. The number of carbonyl (C=O) groups excluding carboxylic acids is 1. The van der Waals surface area contributed by atoms with Gasteiger partial charge in [0.05, 0.1) is 7.11 Å². The second kappa shape index (κ2) is 8.39. The first-order valence-corrected chi connectivity index (χ1v) is 8.72. The summed E-state index contributed by atoms with van der Waals surface area (Å²) in [6.45, 7) is 2.33. The summed E-state index contributed by atoms with van der Waals surface area (Å²) in [5.41, 5.74) is 1.15. The van der Waals surface area contributed by atoms with E-state index in [1.807, 2.05) is 60.7 Å². The monoisotopic (exact) mass is 349 g/mol. The van der Waals surface area contributed by atoms with Gasteiger partial charge in [0.25, 0.3) is 5.91 Å². The summed E-state index contributed by atoms with van der Waals surface area (Å²) in [5, 5.41) is 5.17. The SMILES string of the molecule is COc1ccc(CCNC(=O)[C@H](C)Oc2ccc3ccccc3c2)cc1. The van der Waals surface area contributed by atoms with Gasteiger partial charge in [0.1, 0.15) is 11.5 Å². The first kappa shape index (κ1) is 17.8. The zero-order chi connectivity index (χ0) is 18.4. The molecule has 1 amide bonds. The highest BCUT2D eigenvalue weighted by Crippen LogP contribution is 2.21. The molecule has 0 bridgehead atoms. The zero-order valence-electron chi connectivity index (χ0n) is 15.1. The van der Waals surface area contributed by atoms with E-state index in [4.69, 9.17) is 9.47 Å². The van der Waals surface area contributed by atoms with E-state index in [9.17, 15) is 4.79 Å². The molecule has 0 aliphatic carbocycles. The molecule has 4 nitrogen and oxygen atoms in total. The molecule has 0 aliphatic rings. The molecule has 3 aromatic rings. The Hall–Kier alpha value is -3.01. The molecule has 0 radical (unpaired) electrons. The number of hydrogen-bond acceptors (Lipinski definition) is 3. The Labute approximate surface area is 153 Å². The molecule has 0 unspecified atom stereocenters. The van der Waals surface area contributed by atoms with Gasteiger partial charge in [-0.25, -0.2) is 0 Å². The fourth-order valence-electron chi connectivity index (χ4n) is 2.76. The van der Waals surface area contributed by atoms with Crippen LogP contribution in [0.15, 0.2) is 66.7 Å². The third-order valence-corrected chi connectivity index (χ3v) is 4.27. The lowest BCUT2D eigenvalue weighted by Crippen LogP contribution is -2.37. The number of carbonyl (C=O) groups is 1. The molecule has 0 fully saturated rings. The van der Waals surface area contributed by atoms with Crippen LogP contribution < -0.4 is 14.8 Å². The average molecular weight is 349 g/mol. The molecule has 4 heteroatoms. The number of ether oxygens (including phenoxy) is 2. The molecule has 0 saturated carbocycles. The van der Waals surface area contributed by atoms with E-state index in [2.05, 4.69) is 11.4 Å². The minimum absolute atomic E-state index is 0.119. The van der Waals surface area contributed by atoms with Gasteiger partial charge in [0.15, 0.2) is 6.10 Å². The van der Waals surface area contributed by atoms with Crippen molar-refractivity contribution in [1.29, 1.82) is 0 Å². The third-order valence-electron chi connectivity index (χ3n) is 4.27. The minimum Gasteiger partial charge on any atom is -0.497 e. The molecule has 0 spiro atoms. The van der Waals surface area contributed by atoms with Crippen LogP contribution in [0, 0.1) is 0 Å². The maximum absolute atomic E-state index is 12.2. The maximum atomic E-state index is 12.2. The maximum Gasteiger partial charge on any atom is 0.260 e. The summed E-state index contributed by atoms with van der Waals surface area (Å²) in [5.74, 6) is 1.41. The number of methoxy groups -OCH3 is 1. The molecule has 3 rings (SSSR count). The number of rotatable bonds is 7. The number of amides is 1. The third kappa shape index (κ3) is 4.54. The molecular weight excluding hydrogens is 326 g/mol. The fourth-order valence-corrected chi connectivity index (χ4v) is 2.76. The molecule has 3 aromatic carbocycles. The van der Waals surface area contributed by atoms with Gasteiger partial charge < -0.3 is 14.8 Å². The Morgan fingerprint density at radius 3 is 2.38 bits per heavy atom. The van der Waals surface area contributed by atoms with Crippen molar-refractivity contribution in [2.45, 2.75) is 19.4 Å². The molecule has 0 saturated heterocycles. The number of fused-ring (bicyclic) bond motifs is 1. The van der Waals surface area contributed by atoms with Crippen LogP contribution in [0.3, 0.4) is 0 Å². The van der Waals surface area contributed by atoms with Crippen LogP contribution in [-0.4, -0.2) is 25.7 Å². The highest BCUT2D eigenvalue weighted by molar-refractivity contribution is 5.84. The topological polar surface area (TPSA) is 47.6 Å². The molecule has 1 N–H and O–H groups in total. The van der Waals surface area contributed by atoms with Gasteiger partial charge in [-0.2, -0.15) is 0 Å². The van der Waals surface area contributed by atoms with Gasteiger partial charge in [-0.15, -0.1) is 0 Å².